The van der Waals surface area contributed by atoms with Crippen LogP contribution in [0.4, 0.5) is 0 Å². The largest absolute Gasteiger partial charge is 0.457 e. The van der Waals surface area contributed by atoms with E-state index in [1.54, 1.807) is 30.3 Å². The molecule has 0 atom stereocenters. The van der Waals surface area contributed by atoms with Gasteiger partial charge in [-0.2, -0.15) is 0 Å². The van der Waals surface area contributed by atoms with Gasteiger partial charge in [0.1, 0.15) is 11.5 Å². The SMILES string of the molecule is Cc1cc(-n2c(=O)[nH]c(=O)n(-c3ccc4c(c3)C=CC4)c2=O)ccc1Oc1ccccc1. The van der Waals surface area contributed by atoms with E-state index in [1.807, 2.05) is 55.5 Å². The highest BCUT2D eigenvalue weighted by atomic mass is 16.5. The third kappa shape index (κ3) is 3.39. The number of aromatic amines is 1. The van der Waals surface area contributed by atoms with Gasteiger partial charge in [-0.1, -0.05) is 36.4 Å². The Labute approximate surface area is 182 Å². The van der Waals surface area contributed by atoms with E-state index in [9.17, 15) is 14.4 Å². The lowest BCUT2D eigenvalue weighted by Gasteiger charge is -2.13. The van der Waals surface area contributed by atoms with Crippen molar-refractivity contribution in [3.8, 4) is 22.9 Å². The van der Waals surface area contributed by atoms with Gasteiger partial charge in [0.05, 0.1) is 11.4 Å². The van der Waals surface area contributed by atoms with E-state index in [-0.39, 0.29) is 0 Å². The monoisotopic (exact) mass is 425 g/mol. The summed E-state index contributed by atoms with van der Waals surface area (Å²) in [4.78, 5) is 40.6. The number of nitrogens with one attached hydrogen (secondary N) is 1. The first-order valence-electron chi connectivity index (χ1n) is 10.1. The number of fused-ring (bicyclic) bond motifs is 1. The van der Waals surface area contributed by atoms with Gasteiger partial charge < -0.3 is 4.74 Å². The van der Waals surface area contributed by atoms with Gasteiger partial charge in [0.15, 0.2) is 0 Å². The molecule has 0 unspecified atom stereocenters. The molecule has 1 aromatic heterocycles. The maximum absolute atomic E-state index is 13.3. The number of allylic oxidation sites excluding steroid dienone is 1. The smallest absolute Gasteiger partial charge is 0.345 e. The van der Waals surface area contributed by atoms with Crippen LogP contribution in [0.15, 0.2) is 87.2 Å². The molecule has 0 aliphatic heterocycles. The van der Waals surface area contributed by atoms with Crippen LogP contribution in [0, 0.1) is 6.92 Å². The maximum Gasteiger partial charge on any atom is 0.345 e. The molecule has 0 radical (unpaired) electrons. The van der Waals surface area contributed by atoms with Crippen LogP contribution in [0.25, 0.3) is 17.5 Å². The summed E-state index contributed by atoms with van der Waals surface area (Å²) in [6.45, 7) is 1.82. The molecular weight excluding hydrogens is 406 g/mol. The predicted molar refractivity (Wildman–Crippen MR) is 122 cm³/mol. The molecule has 0 fully saturated rings. The topological polar surface area (TPSA) is 86.1 Å². The number of hydrogen-bond acceptors (Lipinski definition) is 4. The van der Waals surface area contributed by atoms with E-state index in [0.717, 1.165) is 32.2 Å². The van der Waals surface area contributed by atoms with Crippen molar-refractivity contribution in [2.24, 2.45) is 0 Å². The minimum atomic E-state index is -0.798. The number of nitrogens with zero attached hydrogens (tertiary/aromatic N) is 2. The Bertz CT molecular complexity index is 1540. The maximum atomic E-state index is 13.3. The molecule has 7 heteroatoms. The normalized spacial score (nSPS) is 12.0. The second kappa shape index (κ2) is 7.70. The summed E-state index contributed by atoms with van der Waals surface area (Å²) in [6.07, 6.45) is 4.78. The van der Waals surface area contributed by atoms with E-state index >= 15 is 0 Å². The summed E-state index contributed by atoms with van der Waals surface area (Å²) < 4.78 is 7.80. The molecule has 0 saturated carbocycles. The van der Waals surface area contributed by atoms with Crippen LogP contribution in [0.1, 0.15) is 16.7 Å². The third-order valence-electron chi connectivity index (χ3n) is 5.41. The summed E-state index contributed by atoms with van der Waals surface area (Å²) in [5, 5.41) is 0. The molecule has 0 bridgehead atoms. The Morgan fingerprint density at radius 3 is 2.25 bits per heavy atom. The lowest BCUT2D eigenvalue weighted by molar-refractivity contribution is 0.478. The predicted octanol–water partition coefficient (Wildman–Crippen LogP) is 3.35. The first kappa shape index (κ1) is 19.6. The van der Waals surface area contributed by atoms with Gasteiger partial charge in [0.2, 0.25) is 0 Å². The average Bonchev–Trinajstić information content (AvgIpc) is 3.24. The Kier molecular flexibility index (Phi) is 4.71. The van der Waals surface area contributed by atoms with Crippen LogP contribution in [0.3, 0.4) is 0 Å². The second-order valence-electron chi connectivity index (χ2n) is 7.54. The summed E-state index contributed by atoms with van der Waals surface area (Å²) in [5.74, 6) is 1.28. The molecule has 0 amide bonds. The number of rotatable bonds is 4. The zero-order valence-corrected chi connectivity index (χ0v) is 17.2. The first-order chi connectivity index (χ1) is 15.5. The van der Waals surface area contributed by atoms with Crippen LogP contribution in [0.2, 0.25) is 0 Å². The molecule has 4 aromatic rings. The van der Waals surface area contributed by atoms with Crippen molar-refractivity contribution in [1.29, 1.82) is 0 Å². The van der Waals surface area contributed by atoms with Crippen LogP contribution in [0.5, 0.6) is 11.5 Å². The molecule has 1 heterocycles. The number of H-pyrrole nitrogens is 1. The molecule has 0 spiro atoms. The molecule has 7 nitrogen and oxygen atoms in total. The van der Waals surface area contributed by atoms with Crippen molar-refractivity contribution in [2.75, 3.05) is 0 Å². The fourth-order valence-corrected chi connectivity index (χ4v) is 3.81. The zero-order valence-electron chi connectivity index (χ0n) is 17.2. The van der Waals surface area contributed by atoms with E-state index in [2.05, 4.69) is 4.98 Å². The van der Waals surface area contributed by atoms with Crippen LogP contribution >= 0.6 is 0 Å². The van der Waals surface area contributed by atoms with Crippen molar-refractivity contribution in [3.63, 3.8) is 0 Å². The highest BCUT2D eigenvalue weighted by Crippen LogP contribution is 2.26. The summed E-state index contributed by atoms with van der Waals surface area (Å²) in [6, 6.07) is 19.7. The molecule has 158 valence electrons. The van der Waals surface area contributed by atoms with Crippen molar-refractivity contribution in [1.82, 2.24) is 14.1 Å². The molecule has 1 aliphatic rings. The first-order valence-corrected chi connectivity index (χ1v) is 10.1. The van der Waals surface area contributed by atoms with Crippen LogP contribution < -0.4 is 21.8 Å². The summed E-state index contributed by atoms with van der Waals surface area (Å²) in [5.41, 5.74) is 1.23. The minimum absolute atomic E-state index is 0.337. The fourth-order valence-electron chi connectivity index (χ4n) is 3.81. The fraction of sp³-hybridized carbons (Fsp3) is 0.0800. The average molecular weight is 425 g/mol. The van der Waals surface area contributed by atoms with Crippen LogP contribution in [-0.4, -0.2) is 14.1 Å². The number of hydrogen-bond donors (Lipinski definition) is 1. The molecule has 1 aliphatic carbocycles. The van der Waals surface area contributed by atoms with Gasteiger partial charge >= 0.3 is 17.1 Å². The van der Waals surface area contributed by atoms with Gasteiger partial charge in [-0.15, -0.1) is 0 Å². The minimum Gasteiger partial charge on any atom is -0.457 e. The van der Waals surface area contributed by atoms with E-state index < -0.39 is 17.1 Å². The summed E-state index contributed by atoms with van der Waals surface area (Å²) >= 11 is 0. The molecule has 3 aromatic carbocycles. The van der Waals surface area contributed by atoms with Crippen molar-refractivity contribution in [3.05, 3.63) is 121 Å². The highest BCUT2D eigenvalue weighted by molar-refractivity contribution is 5.62. The third-order valence-corrected chi connectivity index (χ3v) is 5.41. The number of aromatic nitrogens is 3. The van der Waals surface area contributed by atoms with E-state index in [1.165, 1.54) is 0 Å². The van der Waals surface area contributed by atoms with E-state index in [4.69, 9.17) is 4.74 Å². The number of aryl methyl sites for hydroxylation is 1. The molecule has 5 rings (SSSR count). The quantitative estimate of drug-likeness (QED) is 0.543. The van der Waals surface area contributed by atoms with Crippen molar-refractivity contribution in [2.45, 2.75) is 13.3 Å². The number of benzene rings is 3. The van der Waals surface area contributed by atoms with E-state index in [0.29, 0.717) is 22.9 Å². The van der Waals surface area contributed by atoms with Crippen molar-refractivity contribution >= 4 is 6.08 Å². The molecule has 1 N–H and O–H groups in total. The molecular formula is C25H19N3O4. The Balaban J connectivity index is 1.60. The number of para-hydroxylation sites is 1. The lowest BCUT2D eigenvalue weighted by Crippen LogP contribution is -2.48. The lowest BCUT2D eigenvalue weighted by atomic mass is 10.1. The Morgan fingerprint density at radius 2 is 1.53 bits per heavy atom. The number of ether oxygens (including phenoxy) is 1. The zero-order chi connectivity index (χ0) is 22.2. The van der Waals surface area contributed by atoms with Gasteiger partial charge in [-0.25, -0.2) is 23.5 Å². The van der Waals surface area contributed by atoms with Gasteiger partial charge in [-0.3, -0.25) is 4.98 Å². The second-order valence-corrected chi connectivity index (χ2v) is 7.54. The Hall–Kier alpha value is -4.39. The van der Waals surface area contributed by atoms with Crippen LogP contribution in [-0.2, 0) is 6.42 Å². The van der Waals surface area contributed by atoms with Gasteiger partial charge in [-0.05, 0) is 72.5 Å². The van der Waals surface area contributed by atoms with Gasteiger partial charge in [0, 0.05) is 0 Å². The Morgan fingerprint density at radius 1 is 0.844 bits per heavy atom. The summed E-state index contributed by atoms with van der Waals surface area (Å²) in [7, 11) is 0. The highest BCUT2D eigenvalue weighted by Gasteiger charge is 2.16. The molecule has 32 heavy (non-hydrogen) atoms. The standard InChI is InChI=1S/C25H19N3O4/c1-16-14-19(12-13-22(16)32-21-8-3-2-4-9-21)27-23(29)26-24(30)28(25(27)31)20-11-10-17-6-5-7-18(17)15-20/h2-5,7-15H,6H2,1H3,(H,26,29,30). The van der Waals surface area contributed by atoms with Gasteiger partial charge in [0.25, 0.3) is 0 Å². The molecule has 0 saturated heterocycles. The van der Waals surface area contributed by atoms with Crippen molar-refractivity contribution < 1.29 is 4.74 Å².